The molecule has 6 atom stereocenters. The molecule has 126 valence electrons. The lowest BCUT2D eigenvalue weighted by Gasteiger charge is -2.36. The Hall–Kier alpha value is -0.980. The van der Waals surface area contributed by atoms with Crippen LogP contribution in [0.15, 0.2) is 0 Å². The highest BCUT2D eigenvalue weighted by molar-refractivity contribution is 5.83. The Labute approximate surface area is 130 Å². The van der Waals surface area contributed by atoms with Crippen LogP contribution in [0.5, 0.6) is 0 Å². The highest BCUT2D eigenvalue weighted by Gasteiger charge is 2.52. The number of aliphatic hydroxyl groups excluding tert-OH is 1. The van der Waals surface area contributed by atoms with Gasteiger partial charge in [0.05, 0.1) is 18.1 Å². The zero-order valence-electron chi connectivity index (χ0n) is 13.4. The molecule has 0 aromatic carbocycles. The van der Waals surface area contributed by atoms with Crippen molar-refractivity contribution in [1.82, 2.24) is 0 Å². The van der Waals surface area contributed by atoms with Crippen LogP contribution in [0, 0.1) is 17.8 Å². The minimum absolute atomic E-state index is 0.0724. The van der Waals surface area contributed by atoms with Crippen molar-refractivity contribution in [2.75, 3.05) is 13.7 Å². The zero-order valence-corrected chi connectivity index (χ0v) is 13.4. The topological polar surface area (TPSA) is 93.1 Å². The molecule has 1 heterocycles. The first-order valence-corrected chi connectivity index (χ1v) is 7.90. The molecular formula is C16H26O6. The van der Waals surface area contributed by atoms with Gasteiger partial charge in [0.2, 0.25) is 0 Å². The van der Waals surface area contributed by atoms with Crippen molar-refractivity contribution in [3.8, 4) is 0 Å². The number of hydrogen-bond acceptors (Lipinski definition) is 6. The molecular weight excluding hydrogens is 288 g/mol. The minimum atomic E-state index is -1.34. The van der Waals surface area contributed by atoms with Crippen LogP contribution in [0.2, 0.25) is 0 Å². The number of hydrogen-bond donors (Lipinski definition) is 2. The molecule has 0 amide bonds. The standard InChI is InChI=1S/C16H26O6/c1-9-5-4-6-16(2,20)14(18)13-10(7-12(9)17)11(8-21-3)15(19)22-13/h9-11,13-14,18,20H,4-8H2,1-3H3/t9-,10?,11?,13+,14-,16+/m0/s1. The molecule has 6 nitrogen and oxygen atoms in total. The number of fused-ring (bicyclic) bond motifs is 1. The Morgan fingerprint density at radius 2 is 2.09 bits per heavy atom. The van der Waals surface area contributed by atoms with Gasteiger partial charge in [-0.2, -0.15) is 0 Å². The summed E-state index contributed by atoms with van der Waals surface area (Å²) < 4.78 is 10.4. The Morgan fingerprint density at radius 3 is 2.73 bits per heavy atom. The molecule has 22 heavy (non-hydrogen) atoms. The zero-order chi connectivity index (χ0) is 16.5. The van der Waals surface area contributed by atoms with E-state index in [9.17, 15) is 19.8 Å². The summed E-state index contributed by atoms with van der Waals surface area (Å²) in [7, 11) is 1.48. The third-order valence-electron chi connectivity index (χ3n) is 5.09. The number of carbonyl (C=O) groups excluding carboxylic acids is 2. The Morgan fingerprint density at radius 1 is 1.41 bits per heavy atom. The van der Waals surface area contributed by atoms with E-state index in [4.69, 9.17) is 9.47 Å². The molecule has 0 aromatic heterocycles. The monoisotopic (exact) mass is 314 g/mol. The van der Waals surface area contributed by atoms with Crippen molar-refractivity contribution >= 4 is 11.8 Å². The third-order valence-corrected chi connectivity index (χ3v) is 5.09. The molecule has 1 aliphatic heterocycles. The molecule has 0 spiro atoms. The normalized spacial score (nSPS) is 43.6. The van der Waals surface area contributed by atoms with Crippen LogP contribution in [0.1, 0.15) is 39.5 Å². The third kappa shape index (κ3) is 3.34. The Kier molecular flexibility index (Phi) is 5.25. The largest absolute Gasteiger partial charge is 0.459 e. The van der Waals surface area contributed by atoms with Crippen LogP contribution in [0.3, 0.4) is 0 Å². The second kappa shape index (κ2) is 6.64. The van der Waals surface area contributed by atoms with Crippen LogP contribution >= 0.6 is 0 Å². The average Bonchev–Trinajstić information content (AvgIpc) is 2.74. The van der Waals surface area contributed by atoms with E-state index in [1.54, 1.807) is 6.92 Å². The van der Waals surface area contributed by atoms with Crippen molar-refractivity contribution in [3.63, 3.8) is 0 Å². The van der Waals surface area contributed by atoms with Crippen molar-refractivity contribution in [2.45, 2.75) is 57.3 Å². The molecule has 2 N–H and O–H groups in total. The average molecular weight is 314 g/mol. The summed E-state index contributed by atoms with van der Waals surface area (Å²) in [5, 5.41) is 21.0. The van der Waals surface area contributed by atoms with Gasteiger partial charge in [0.15, 0.2) is 0 Å². The number of Topliss-reactive ketones (excluding diaryl/α,β-unsaturated/α-hetero) is 1. The van der Waals surface area contributed by atoms with E-state index < -0.39 is 35.6 Å². The highest BCUT2D eigenvalue weighted by atomic mass is 16.6. The molecule has 0 aromatic rings. The number of ketones is 1. The maximum absolute atomic E-state index is 12.3. The molecule has 1 saturated carbocycles. The Balaban J connectivity index is 2.31. The lowest BCUT2D eigenvalue weighted by molar-refractivity contribution is -0.162. The van der Waals surface area contributed by atoms with Crippen LogP contribution in [-0.2, 0) is 19.1 Å². The molecule has 0 radical (unpaired) electrons. The lowest BCUT2D eigenvalue weighted by atomic mass is 9.76. The van der Waals surface area contributed by atoms with Crippen molar-refractivity contribution in [1.29, 1.82) is 0 Å². The van der Waals surface area contributed by atoms with Crippen molar-refractivity contribution in [3.05, 3.63) is 0 Å². The summed E-state index contributed by atoms with van der Waals surface area (Å²) in [5.41, 5.74) is -1.34. The predicted octanol–water partition coefficient (Wildman–Crippen LogP) is 0.682. The van der Waals surface area contributed by atoms with Gasteiger partial charge >= 0.3 is 5.97 Å². The first kappa shape index (κ1) is 17.4. The molecule has 2 rings (SSSR count). The van der Waals surface area contributed by atoms with E-state index in [1.807, 2.05) is 6.92 Å². The molecule has 0 bridgehead atoms. The molecule has 2 unspecified atom stereocenters. The van der Waals surface area contributed by atoms with E-state index in [2.05, 4.69) is 0 Å². The number of rotatable bonds is 2. The molecule has 6 heteroatoms. The van der Waals surface area contributed by atoms with Crippen molar-refractivity contribution in [2.24, 2.45) is 17.8 Å². The quantitative estimate of drug-likeness (QED) is 0.728. The summed E-state index contributed by atoms with van der Waals surface area (Å²) in [6.45, 7) is 3.57. The van der Waals surface area contributed by atoms with E-state index in [-0.39, 0.29) is 24.7 Å². The fourth-order valence-electron chi connectivity index (χ4n) is 3.50. The van der Waals surface area contributed by atoms with E-state index in [0.717, 1.165) is 0 Å². The first-order valence-electron chi connectivity index (χ1n) is 7.90. The number of carbonyl (C=O) groups is 2. The van der Waals surface area contributed by atoms with Crippen LogP contribution in [0.4, 0.5) is 0 Å². The SMILES string of the molecule is COCC1C(=O)O[C@@H]2C1CC(=O)[C@@H](C)CCC[C@@](C)(O)[C@H]2O. The smallest absolute Gasteiger partial charge is 0.312 e. The lowest BCUT2D eigenvalue weighted by Crippen LogP contribution is -2.50. The summed E-state index contributed by atoms with van der Waals surface area (Å²) in [6.07, 6.45) is -0.228. The van der Waals surface area contributed by atoms with Crippen LogP contribution in [-0.4, -0.2) is 53.5 Å². The minimum Gasteiger partial charge on any atom is -0.459 e. The maximum Gasteiger partial charge on any atom is 0.312 e. The van der Waals surface area contributed by atoms with Crippen LogP contribution < -0.4 is 0 Å². The van der Waals surface area contributed by atoms with E-state index in [1.165, 1.54) is 7.11 Å². The second-order valence-electron chi connectivity index (χ2n) is 6.89. The van der Waals surface area contributed by atoms with Gasteiger partial charge in [0, 0.05) is 25.4 Å². The molecule has 2 aliphatic rings. The van der Waals surface area contributed by atoms with E-state index >= 15 is 0 Å². The van der Waals surface area contributed by atoms with E-state index in [0.29, 0.717) is 19.3 Å². The van der Waals surface area contributed by atoms with Gasteiger partial charge in [-0.1, -0.05) is 6.92 Å². The molecule has 2 fully saturated rings. The highest BCUT2D eigenvalue weighted by Crippen LogP contribution is 2.39. The fraction of sp³-hybridized carbons (Fsp3) is 0.875. The summed E-state index contributed by atoms with van der Waals surface area (Å²) in [5.74, 6) is -1.54. The first-order chi connectivity index (χ1) is 10.3. The van der Waals surface area contributed by atoms with Gasteiger partial charge in [-0.25, -0.2) is 0 Å². The summed E-state index contributed by atoms with van der Waals surface area (Å²) in [4.78, 5) is 24.4. The fourth-order valence-corrected chi connectivity index (χ4v) is 3.50. The molecule has 1 aliphatic carbocycles. The summed E-state index contributed by atoms with van der Waals surface area (Å²) >= 11 is 0. The van der Waals surface area contributed by atoms with Gasteiger partial charge in [0.1, 0.15) is 18.0 Å². The second-order valence-corrected chi connectivity index (χ2v) is 6.89. The Bertz CT molecular complexity index is 432. The predicted molar refractivity (Wildman–Crippen MR) is 78.0 cm³/mol. The molecule has 1 saturated heterocycles. The van der Waals surface area contributed by atoms with Gasteiger partial charge in [-0.3, -0.25) is 9.59 Å². The number of esters is 1. The maximum atomic E-state index is 12.3. The number of ether oxygens (including phenoxy) is 2. The van der Waals surface area contributed by atoms with Gasteiger partial charge in [0.25, 0.3) is 0 Å². The number of aliphatic hydroxyl groups is 2. The summed E-state index contributed by atoms with van der Waals surface area (Å²) in [6, 6.07) is 0. The van der Waals surface area contributed by atoms with Crippen molar-refractivity contribution < 1.29 is 29.3 Å². The van der Waals surface area contributed by atoms with Gasteiger partial charge in [-0.15, -0.1) is 0 Å². The van der Waals surface area contributed by atoms with Gasteiger partial charge in [-0.05, 0) is 26.2 Å². The van der Waals surface area contributed by atoms with Crippen LogP contribution in [0.25, 0.3) is 0 Å². The van der Waals surface area contributed by atoms with Gasteiger partial charge < -0.3 is 19.7 Å². The number of methoxy groups -OCH3 is 1.